The molecule has 0 saturated carbocycles. The van der Waals surface area contributed by atoms with Gasteiger partial charge in [0.25, 0.3) is 0 Å². The van der Waals surface area contributed by atoms with Crippen molar-refractivity contribution in [3.05, 3.63) is 64.9 Å². The van der Waals surface area contributed by atoms with E-state index in [4.69, 9.17) is 10.5 Å². The third-order valence-electron chi connectivity index (χ3n) is 2.82. The smallest absolute Gasteiger partial charge is 0.216 e. The van der Waals surface area contributed by atoms with Crippen LogP contribution in [0.1, 0.15) is 11.1 Å². The molecule has 0 bridgehead atoms. The molecular formula is C14H4N2O2S2. The minimum absolute atomic E-state index is 0.245. The van der Waals surface area contributed by atoms with E-state index in [1.54, 1.807) is 12.1 Å². The number of nitriles is 2. The van der Waals surface area contributed by atoms with Crippen molar-refractivity contribution in [3.63, 3.8) is 0 Å². The second kappa shape index (κ2) is 4.53. The first-order valence-electron chi connectivity index (χ1n) is 5.50. The highest BCUT2D eigenvalue weighted by atomic mass is 32.1. The molecule has 20 heavy (non-hydrogen) atoms. The van der Waals surface area contributed by atoms with E-state index in [1.165, 1.54) is 22.7 Å². The minimum Gasteiger partial charge on any atom is -0.287 e. The molecule has 2 aliphatic rings. The molecule has 0 amide bonds. The molecule has 0 N–H and O–H groups in total. The minimum atomic E-state index is -0.536. The van der Waals surface area contributed by atoms with Crippen LogP contribution in [0, 0.1) is 31.7 Å². The van der Waals surface area contributed by atoms with Gasteiger partial charge in [0, 0.05) is 9.40 Å². The molecule has 0 unspecified atom stereocenters. The van der Waals surface area contributed by atoms with E-state index < -0.39 is 10.9 Å². The maximum atomic E-state index is 12.2. The van der Waals surface area contributed by atoms with Crippen LogP contribution >= 0.6 is 22.7 Å². The highest BCUT2D eigenvalue weighted by Crippen LogP contribution is 2.23. The average molecular weight is 296 g/mol. The zero-order valence-electron chi connectivity index (χ0n) is 9.84. The Morgan fingerprint density at radius 2 is 1.20 bits per heavy atom. The molecule has 0 aromatic heterocycles. The van der Waals surface area contributed by atoms with E-state index in [-0.39, 0.29) is 20.2 Å². The first kappa shape index (κ1) is 12.5. The number of fused-ring (bicyclic) bond motifs is 1. The van der Waals surface area contributed by atoms with Gasteiger partial charge in [-0.05, 0) is 12.1 Å². The van der Waals surface area contributed by atoms with Crippen LogP contribution in [0.5, 0.6) is 0 Å². The van der Waals surface area contributed by atoms with Crippen molar-refractivity contribution in [1.29, 1.82) is 10.5 Å². The molecule has 0 atom stereocenters. The van der Waals surface area contributed by atoms with Gasteiger partial charge < -0.3 is 0 Å². The summed E-state index contributed by atoms with van der Waals surface area (Å²) in [4.78, 5) is 24.5. The molecule has 1 aromatic carbocycles. The second-order valence-corrected chi connectivity index (χ2v) is 6.05. The van der Waals surface area contributed by atoms with Crippen LogP contribution in [0.4, 0.5) is 0 Å². The van der Waals surface area contributed by atoms with E-state index in [0.717, 1.165) is 9.40 Å². The summed E-state index contributed by atoms with van der Waals surface area (Å²) in [6.07, 6.45) is 0. The van der Waals surface area contributed by atoms with Crippen LogP contribution in [-0.4, -0.2) is 0 Å². The SMILES string of the molecule is N#Cc1c(C#N)c(=O)c2sc3ccccc3sc=2c1=O. The van der Waals surface area contributed by atoms with Crippen molar-refractivity contribution in [2.75, 3.05) is 0 Å². The zero-order valence-corrected chi connectivity index (χ0v) is 11.5. The van der Waals surface area contributed by atoms with Crippen LogP contribution < -0.4 is 10.9 Å². The van der Waals surface area contributed by atoms with Crippen LogP contribution in [0.25, 0.3) is 9.40 Å². The summed E-state index contributed by atoms with van der Waals surface area (Å²) in [7, 11) is 0. The fraction of sp³-hybridized carbons (Fsp3) is 0. The fourth-order valence-corrected chi connectivity index (χ4v) is 4.23. The van der Waals surface area contributed by atoms with Crippen molar-refractivity contribution < 1.29 is 0 Å². The van der Waals surface area contributed by atoms with Crippen molar-refractivity contribution >= 4 is 32.1 Å². The van der Waals surface area contributed by atoms with Crippen LogP contribution in [0.2, 0.25) is 0 Å². The molecule has 0 radical (unpaired) electrons. The van der Waals surface area contributed by atoms with Crippen molar-refractivity contribution in [2.45, 2.75) is 0 Å². The van der Waals surface area contributed by atoms with Gasteiger partial charge in [-0.1, -0.05) is 12.1 Å². The molecule has 0 spiro atoms. The molecule has 0 fully saturated rings. The van der Waals surface area contributed by atoms with E-state index in [0.29, 0.717) is 0 Å². The summed E-state index contributed by atoms with van der Waals surface area (Å²) >= 11 is 2.36. The largest absolute Gasteiger partial charge is 0.287 e. The van der Waals surface area contributed by atoms with Gasteiger partial charge in [0.1, 0.15) is 23.3 Å². The summed E-state index contributed by atoms with van der Waals surface area (Å²) < 4.78 is 2.23. The normalized spacial score (nSPS) is 10.3. The van der Waals surface area contributed by atoms with Gasteiger partial charge in [-0.2, -0.15) is 10.5 Å². The Morgan fingerprint density at radius 3 is 1.55 bits per heavy atom. The Kier molecular flexibility index (Phi) is 2.83. The predicted octanol–water partition coefficient (Wildman–Crippen LogP) is 2.15. The molecule has 3 rings (SSSR count). The lowest BCUT2D eigenvalue weighted by Crippen LogP contribution is -2.20. The highest BCUT2D eigenvalue weighted by molar-refractivity contribution is 7.26. The van der Waals surface area contributed by atoms with Crippen molar-refractivity contribution in [1.82, 2.24) is 0 Å². The molecular weight excluding hydrogens is 292 g/mol. The Morgan fingerprint density at radius 1 is 0.800 bits per heavy atom. The summed E-state index contributed by atoms with van der Waals surface area (Å²) in [5.74, 6) is 0. The van der Waals surface area contributed by atoms with Crippen LogP contribution in [-0.2, 0) is 0 Å². The molecule has 1 aliphatic heterocycles. The Labute approximate surface area is 120 Å². The van der Waals surface area contributed by atoms with Gasteiger partial charge in [-0.15, -0.1) is 22.7 Å². The standard InChI is InChI=1S/C14H4N2O2S2/c15-5-7-8(6-16)12(18)14-13(11(7)17)19-9-3-1-2-4-10(9)20-14/h1-4H. The molecule has 94 valence electrons. The van der Waals surface area contributed by atoms with E-state index >= 15 is 0 Å². The van der Waals surface area contributed by atoms with Crippen LogP contribution in [0.15, 0.2) is 33.9 Å². The van der Waals surface area contributed by atoms with Gasteiger partial charge in [0.05, 0.1) is 9.06 Å². The lowest BCUT2D eigenvalue weighted by atomic mass is 10.1. The Bertz CT molecular complexity index is 1020. The maximum Gasteiger partial charge on any atom is 0.216 e. The highest BCUT2D eigenvalue weighted by Gasteiger charge is 2.15. The first-order chi connectivity index (χ1) is 9.67. The van der Waals surface area contributed by atoms with Gasteiger partial charge in [-0.25, -0.2) is 0 Å². The van der Waals surface area contributed by atoms with Crippen molar-refractivity contribution in [2.24, 2.45) is 0 Å². The monoisotopic (exact) mass is 296 g/mol. The quantitative estimate of drug-likeness (QED) is 0.636. The molecule has 0 saturated heterocycles. The number of hydrogen-bond acceptors (Lipinski definition) is 6. The number of rotatable bonds is 0. The van der Waals surface area contributed by atoms with E-state index in [9.17, 15) is 9.59 Å². The molecule has 1 aromatic rings. The average Bonchev–Trinajstić information content (AvgIpc) is 2.49. The number of hydrogen-bond donors (Lipinski definition) is 0. The van der Waals surface area contributed by atoms with Gasteiger partial charge in [0.2, 0.25) is 10.9 Å². The lowest BCUT2D eigenvalue weighted by Gasteiger charge is -1.98. The molecule has 6 heteroatoms. The second-order valence-electron chi connectivity index (χ2n) is 3.94. The molecule has 4 nitrogen and oxygen atoms in total. The third kappa shape index (κ3) is 1.64. The van der Waals surface area contributed by atoms with E-state index in [2.05, 4.69) is 0 Å². The first-order valence-corrected chi connectivity index (χ1v) is 7.13. The van der Waals surface area contributed by atoms with Gasteiger partial charge in [0.15, 0.2) is 0 Å². The fourth-order valence-electron chi connectivity index (χ4n) is 1.90. The maximum absolute atomic E-state index is 12.2. The summed E-state index contributed by atoms with van der Waals surface area (Å²) in [5.41, 5.74) is -1.79. The lowest BCUT2D eigenvalue weighted by molar-refractivity contribution is 1.34. The zero-order chi connectivity index (χ0) is 14.3. The summed E-state index contributed by atoms with van der Waals surface area (Å²) in [6.45, 7) is 0. The molecule has 1 heterocycles. The van der Waals surface area contributed by atoms with E-state index in [1.807, 2.05) is 24.3 Å². The topological polar surface area (TPSA) is 81.7 Å². The number of benzene rings is 1. The Hall–Kier alpha value is -2.54. The van der Waals surface area contributed by atoms with Crippen LogP contribution in [0.3, 0.4) is 0 Å². The Balaban J connectivity index is 2.75. The third-order valence-corrected chi connectivity index (χ3v) is 5.42. The molecule has 1 aliphatic carbocycles. The van der Waals surface area contributed by atoms with Gasteiger partial charge in [-0.3, -0.25) is 9.59 Å². The summed E-state index contributed by atoms with van der Waals surface area (Å²) in [5, 5.41) is 18.0. The van der Waals surface area contributed by atoms with Crippen molar-refractivity contribution in [3.8, 4) is 12.1 Å². The summed E-state index contributed by atoms with van der Waals surface area (Å²) in [6, 6.07) is 10.7. The predicted molar refractivity (Wildman–Crippen MR) is 77.0 cm³/mol. The number of nitrogens with zero attached hydrogens (tertiary/aromatic N) is 2. The van der Waals surface area contributed by atoms with Gasteiger partial charge >= 0.3 is 0 Å².